The van der Waals surface area contributed by atoms with Crippen molar-refractivity contribution in [1.29, 1.82) is 0 Å². The zero-order chi connectivity index (χ0) is 53.8. The van der Waals surface area contributed by atoms with Gasteiger partial charge in [0.05, 0.1) is 89.7 Å². The monoisotopic (exact) mass is 1050 g/mol. The van der Waals surface area contributed by atoms with Crippen LogP contribution in [0.15, 0.2) is 261 Å². The molecule has 0 aliphatic heterocycles. The number of aromatic nitrogens is 10. The molecule has 1 atom stereocenters. The van der Waals surface area contributed by atoms with E-state index in [1.54, 1.807) is 0 Å². The topological polar surface area (TPSA) is 105 Å². The molecule has 16 aromatic rings. The molecule has 7 aromatic carbocycles. The van der Waals surface area contributed by atoms with Gasteiger partial charge in [-0.1, -0.05) is 170 Å². The van der Waals surface area contributed by atoms with Gasteiger partial charge in [0.15, 0.2) is 11.6 Å². The molecule has 1 aliphatic rings. The largest absolute Gasteiger partial charge is 0.305 e. The number of rotatable bonds is 8. The molecule has 0 saturated carbocycles. The van der Waals surface area contributed by atoms with Gasteiger partial charge >= 0.3 is 0 Å². The molecule has 0 amide bonds. The van der Waals surface area contributed by atoms with Crippen LogP contribution in [0, 0.1) is 0 Å². The van der Waals surface area contributed by atoms with Gasteiger partial charge in [0.2, 0.25) is 0 Å². The van der Waals surface area contributed by atoms with E-state index in [9.17, 15) is 0 Å². The van der Waals surface area contributed by atoms with Crippen LogP contribution in [-0.2, 0) is 0 Å². The summed E-state index contributed by atoms with van der Waals surface area (Å²) in [5, 5.41) is 3.04. The minimum atomic E-state index is -0.408. The van der Waals surface area contributed by atoms with E-state index in [0.29, 0.717) is 11.6 Å². The van der Waals surface area contributed by atoms with E-state index in [4.69, 9.17) is 34.9 Å². The molecule has 0 spiro atoms. The summed E-state index contributed by atoms with van der Waals surface area (Å²) >= 11 is 0. The van der Waals surface area contributed by atoms with Crippen molar-refractivity contribution in [2.45, 2.75) is 5.92 Å². The Labute approximate surface area is 469 Å². The Morgan fingerprint density at radius 2 is 0.744 bits per heavy atom. The summed E-state index contributed by atoms with van der Waals surface area (Å²) < 4.78 is 7.16. The second-order valence-corrected chi connectivity index (χ2v) is 20.8. The number of nitrogens with zero attached hydrogens (tertiary/aromatic N) is 10. The fourth-order valence-corrected chi connectivity index (χ4v) is 13.0. The standard InChI is InChI=1S/C72H44N10/c1-3-21-44(22-4-1)54-43-55(45-23-5-2-6-24-45)78-71(77-54)49-28-10-8-26-47(49)63-69(80-56-33-14-11-29-50(56)65-59(80)36-18-40-74-65)68(62-46-25-7-9-27-48(46)64-53(62)32-17-39-73-64)79-72(82-58-35-16-13-31-52(58)67-61(82)38-20-42-76-67)70(63)81-57-34-15-12-30-51(57)66-60(81)37-19-41-75-66/h1-43,62H. The molecule has 10 nitrogen and oxygen atoms in total. The highest BCUT2D eigenvalue weighted by Gasteiger charge is 2.39. The van der Waals surface area contributed by atoms with E-state index < -0.39 is 5.92 Å². The molecular formula is C72H44N10. The van der Waals surface area contributed by atoms with Gasteiger partial charge in [-0.2, -0.15) is 0 Å². The van der Waals surface area contributed by atoms with Crippen molar-refractivity contribution in [3.05, 3.63) is 278 Å². The molecule has 0 fully saturated rings. The van der Waals surface area contributed by atoms with Crippen molar-refractivity contribution in [3.8, 4) is 73.5 Å². The Bertz CT molecular complexity index is 4990. The summed E-state index contributed by atoms with van der Waals surface area (Å²) in [5.41, 5.74) is 21.2. The second kappa shape index (κ2) is 18.2. The highest BCUT2D eigenvalue weighted by atomic mass is 15.2. The summed E-state index contributed by atoms with van der Waals surface area (Å²) in [7, 11) is 0. The number of hydrogen-bond donors (Lipinski definition) is 0. The third-order valence-electron chi connectivity index (χ3n) is 16.3. The van der Waals surface area contributed by atoms with Crippen LogP contribution >= 0.6 is 0 Å². The predicted octanol–water partition coefficient (Wildman–Crippen LogP) is 16.6. The molecule has 9 heterocycles. The van der Waals surface area contributed by atoms with Crippen molar-refractivity contribution in [2.75, 3.05) is 0 Å². The zero-order valence-corrected chi connectivity index (χ0v) is 43.9. The van der Waals surface area contributed by atoms with Gasteiger partial charge in [-0.3, -0.25) is 24.5 Å². The average Bonchev–Trinajstić information content (AvgIpc) is 1.80. The maximum atomic E-state index is 6.42. The Kier molecular flexibility index (Phi) is 10.1. The number of para-hydroxylation sites is 3. The molecule has 10 heteroatoms. The van der Waals surface area contributed by atoms with E-state index >= 15 is 0 Å². The van der Waals surface area contributed by atoms with Crippen LogP contribution in [0.25, 0.3) is 139 Å². The van der Waals surface area contributed by atoms with Gasteiger partial charge in [0, 0.05) is 68.8 Å². The van der Waals surface area contributed by atoms with Gasteiger partial charge in [-0.25, -0.2) is 15.0 Å². The summed E-state index contributed by atoms with van der Waals surface area (Å²) in [6.07, 6.45) is 7.55. The fraction of sp³-hybridized carbons (Fsp3) is 0.0139. The van der Waals surface area contributed by atoms with Crippen LogP contribution in [0.4, 0.5) is 0 Å². The Morgan fingerprint density at radius 3 is 1.33 bits per heavy atom. The molecule has 0 saturated heterocycles. The van der Waals surface area contributed by atoms with E-state index in [0.717, 1.165) is 144 Å². The minimum absolute atomic E-state index is 0.408. The molecule has 382 valence electrons. The average molecular weight is 1050 g/mol. The maximum absolute atomic E-state index is 6.42. The molecule has 0 bridgehead atoms. The first-order chi connectivity index (χ1) is 40.7. The van der Waals surface area contributed by atoms with Gasteiger partial charge in [0.1, 0.15) is 0 Å². The van der Waals surface area contributed by atoms with Gasteiger partial charge < -0.3 is 9.13 Å². The van der Waals surface area contributed by atoms with Crippen LogP contribution in [0.1, 0.15) is 22.7 Å². The van der Waals surface area contributed by atoms with Crippen LogP contribution < -0.4 is 0 Å². The lowest BCUT2D eigenvalue weighted by molar-refractivity contribution is 0.887. The van der Waals surface area contributed by atoms with Crippen LogP contribution in [-0.4, -0.2) is 48.6 Å². The van der Waals surface area contributed by atoms with Gasteiger partial charge in [0.25, 0.3) is 0 Å². The van der Waals surface area contributed by atoms with Crippen molar-refractivity contribution in [2.24, 2.45) is 0 Å². The van der Waals surface area contributed by atoms with Gasteiger partial charge in [-0.15, -0.1) is 0 Å². The number of benzene rings is 7. The van der Waals surface area contributed by atoms with Crippen molar-refractivity contribution in [1.82, 2.24) is 48.6 Å². The smallest absolute Gasteiger partial charge is 0.163 e. The number of pyridine rings is 5. The second-order valence-electron chi connectivity index (χ2n) is 20.8. The fourth-order valence-electron chi connectivity index (χ4n) is 13.0. The van der Waals surface area contributed by atoms with Crippen molar-refractivity contribution < 1.29 is 0 Å². The molecule has 82 heavy (non-hydrogen) atoms. The Balaban J connectivity index is 1.15. The molecule has 1 aliphatic carbocycles. The van der Waals surface area contributed by atoms with Crippen molar-refractivity contribution in [3.63, 3.8) is 0 Å². The van der Waals surface area contributed by atoms with E-state index in [1.165, 1.54) is 0 Å². The van der Waals surface area contributed by atoms with Crippen molar-refractivity contribution >= 4 is 65.8 Å². The summed E-state index contributed by atoms with van der Waals surface area (Å²) in [6.45, 7) is 0. The maximum Gasteiger partial charge on any atom is 0.163 e. The molecule has 17 rings (SSSR count). The Morgan fingerprint density at radius 1 is 0.317 bits per heavy atom. The quantitative estimate of drug-likeness (QED) is 0.149. The summed E-state index contributed by atoms with van der Waals surface area (Å²) in [6, 6.07) is 82.9. The lowest BCUT2D eigenvalue weighted by Gasteiger charge is -2.29. The first kappa shape index (κ1) is 45.8. The first-order valence-electron chi connectivity index (χ1n) is 27.5. The van der Waals surface area contributed by atoms with E-state index in [1.807, 2.05) is 55.1 Å². The summed E-state index contributed by atoms with van der Waals surface area (Å²) in [4.78, 5) is 38.3. The molecule has 0 N–H and O–H groups in total. The highest BCUT2D eigenvalue weighted by Crippen LogP contribution is 2.54. The van der Waals surface area contributed by atoms with Gasteiger partial charge in [-0.05, 0) is 83.4 Å². The number of fused-ring (bicyclic) bond motifs is 12. The Hall–Kier alpha value is -11.2. The molecular weight excluding hydrogens is 1000 g/mol. The SMILES string of the molecule is c1ccc(-c2cc(-c3ccccc3)nc(-c3ccccc3-c3c(-n4c5ccccc5c5ncccc54)c(C4c5ccccc5-c5ncccc54)nc(-n4c5ccccc5c5ncccc54)c3-n3c4ccccc4c4ncccc43)n2)cc1. The first-order valence-corrected chi connectivity index (χ1v) is 27.5. The zero-order valence-electron chi connectivity index (χ0n) is 43.9. The van der Waals surface area contributed by atoms with E-state index in [-0.39, 0.29) is 0 Å². The molecule has 0 radical (unpaired) electrons. The number of hydrogen-bond acceptors (Lipinski definition) is 7. The minimum Gasteiger partial charge on any atom is -0.305 e. The van der Waals surface area contributed by atoms with Crippen LogP contribution in [0.2, 0.25) is 0 Å². The highest BCUT2D eigenvalue weighted by molar-refractivity contribution is 6.13. The molecule has 9 aromatic heterocycles. The van der Waals surface area contributed by atoms with Crippen LogP contribution in [0.5, 0.6) is 0 Å². The molecule has 1 unspecified atom stereocenters. The van der Waals surface area contributed by atoms with Crippen LogP contribution in [0.3, 0.4) is 0 Å². The normalized spacial score (nSPS) is 13.0. The summed E-state index contributed by atoms with van der Waals surface area (Å²) in [5.74, 6) is 0.865. The predicted molar refractivity (Wildman–Crippen MR) is 329 cm³/mol. The third-order valence-corrected chi connectivity index (χ3v) is 16.3. The third kappa shape index (κ3) is 6.78. The van der Waals surface area contributed by atoms with E-state index in [2.05, 4.69) is 220 Å². The lowest BCUT2D eigenvalue weighted by Crippen LogP contribution is -2.17. The lowest BCUT2D eigenvalue weighted by atomic mass is 9.87.